The van der Waals surface area contributed by atoms with Gasteiger partial charge in [-0.2, -0.15) is 0 Å². The second-order valence-corrected chi connectivity index (χ2v) is 10.8. The number of hydrogen-bond donors (Lipinski definition) is 2. The van der Waals surface area contributed by atoms with Crippen LogP contribution in [0.4, 0.5) is 11.4 Å². The number of fused-ring (bicyclic) bond motifs is 3. The predicted octanol–water partition coefficient (Wildman–Crippen LogP) is 8.30. The van der Waals surface area contributed by atoms with Crippen LogP contribution in [0.2, 0.25) is 0 Å². The average molecular weight is 557 g/mol. The monoisotopic (exact) mass is 556 g/mol. The first-order valence-corrected chi connectivity index (χ1v) is 15.1. The molecule has 0 aliphatic heterocycles. The van der Waals surface area contributed by atoms with Gasteiger partial charge >= 0.3 is 0 Å². The van der Waals surface area contributed by atoms with E-state index in [-0.39, 0.29) is 0 Å². The first-order valence-electron chi connectivity index (χ1n) is 15.1. The van der Waals surface area contributed by atoms with Gasteiger partial charge in [0.15, 0.2) is 0 Å². The second-order valence-electron chi connectivity index (χ2n) is 10.8. The smallest absolute Gasteiger partial charge is 0.0714 e. The van der Waals surface area contributed by atoms with E-state index in [1.165, 1.54) is 11.1 Å². The van der Waals surface area contributed by atoms with E-state index in [1.807, 2.05) is 24.3 Å². The molecule has 4 aromatic rings. The van der Waals surface area contributed by atoms with Gasteiger partial charge in [0.05, 0.1) is 5.41 Å². The zero-order valence-corrected chi connectivity index (χ0v) is 25.0. The van der Waals surface area contributed by atoms with Crippen LogP contribution >= 0.6 is 0 Å². The summed E-state index contributed by atoms with van der Waals surface area (Å²) in [7, 11) is 0. The van der Waals surface area contributed by atoms with Gasteiger partial charge in [0.2, 0.25) is 0 Å². The summed E-state index contributed by atoms with van der Waals surface area (Å²) in [4.78, 5) is 0. The Bertz CT molecular complexity index is 1720. The quantitative estimate of drug-likeness (QED) is 0.126. The number of anilines is 2. The highest BCUT2D eigenvalue weighted by Crippen LogP contribution is 2.56. The minimum Gasteiger partial charge on any atom is -0.399 e. The molecule has 4 aromatic carbocycles. The van der Waals surface area contributed by atoms with E-state index in [4.69, 9.17) is 11.5 Å². The van der Waals surface area contributed by atoms with Crippen LogP contribution in [0.3, 0.4) is 0 Å². The maximum absolute atomic E-state index is 6.18. The fourth-order valence-electron chi connectivity index (χ4n) is 5.68. The molecule has 2 nitrogen and oxygen atoms in total. The van der Waals surface area contributed by atoms with E-state index in [9.17, 15) is 0 Å². The zero-order chi connectivity index (χ0) is 30.1. The molecule has 5 rings (SSSR count). The molecule has 2 heteroatoms. The van der Waals surface area contributed by atoms with Gasteiger partial charge in [0.1, 0.15) is 0 Å². The summed E-state index contributed by atoms with van der Waals surface area (Å²) in [5.74, 6) is 25.1. The molecule has 210 valence electrons. The summed E-state index contributed by atoms with van der Waals surface area (Å²) < 4.78 is 0. The Balaban J connectivity index is 1.73. The van der Waals surface area contributed by atoms with Crippen molar-refractivity contribution in [1.29, 1.82) is 0 Å². The third kappa shape index (κ3) is 6.17. The first-order chi connectivity index (χ1) is 21.1. The number of hydrogen-bond acceptors (Lipinski definition) is 2. The van der Waals surface area contributed by atoms with E-state index in [0.29, 0.717) is 0 Å². The van der Waals surface area contributed by atoms with Crippen LogP contribution in [0, 0.1) is 47.4 Å². The summed E-state index contributed by atoms with van der Waals surface area (Å²) in [6.45, 7) is 4.34. The van der Waals surface area contributed by atoms with Gasteiger partial charge in [-0.15, -0.1) is 0 Å². The summed E-state index contributed by atoms with van der Waals surface area (Å²) >= 11 is 0. The Morgan fingerprint density at radius 3 is 1.35 bits per heavy atom. The highest BCUT2D eigenvalue weighted by Gasteiger charge is 2.46. The van der Waals surface area contributed by atoms with Crippen molar-refractivity contribution in [2.75, 3.05) is 11.5 Å². The third-order valence-electron chi connectivity index (χ3n) is 7.85. The van der Waals surface area contributed by atoms with Crippen LogP contribution in [0.25, 0.3) is 11.1 Å². The van der Waals surface area contributed by atoms with Crippen molar-refractivity contribution in [3.05, 3.63) is 118 Å². The Morgan fingerprint density at radius 1 is 0.535 bits per heavy atom. The molecule has 0 unspecified atom stereocenters. The van der Waals surface area contributed by atoms with Crippen molar-refractivity contribution >= 4 is 11.4 Å². The summed E-state index contributed by atoms with van der Waals surface area (Å²) in [6.07, 6.45) is 6.19. The van der Waals surface area contributed by atoms with Crippen molar-refractivity contribution in [2.45, 2.75) is 57.8 Å². The summed E-state index contributed by atoms with van der Waals surface area (Å²) in [6, 6.07) is 29.4. The van der Waals surface area contributed by atoms with Crippen molar-refractivity contribution in [2.24, 2.45) is 0 Å². The maximum atomic E-state index is 6.18. The minimum atomic E-state index is -0.624. The number of unbranched alkanes of at least 4 members (excludes halogenated alkanes) is 4. The first kappa shape index (κ1) is 29.2. The Labute approximate surface area is 256 Å². The molecule has 1 aliphatic carbocycles. The predicted molar refractivity (Wildman–Crippen MR) is 181 cm³/mol. The van der Waals surface area contributed by atoms with Gasteiger partial charge in [-0.1, -0.05) is 86.8 Å². The molecule has 1 aliphatic rings. The van der Waals surface area contributed by atoms with Crippen LogP contribution in [-0.4, -0.2) is 0 Å². The van der Waals surface area contributed by atoms with Gasteiger partial charge in [-0.3, -0.25) is 0 Å². The molecular formula is C41H36N2. The van der Waals surface area contributed by atoms with Crippen molar-refractivity contribution in [3.8, 4) is 58.5 Å². The lowest BCUT2D eigenvalue weighted by molar-refractivity contribution is 0.768. The summed E-state index contributed by atoms with van der Waals surface area (Å²) in [5.41, 5.74) is 21.9. The fourth-order valence-corrected chi connectivity index (χ4v) is 5.68. The number of nitrogens with two attached hydrogens (primary N) is 2. The molecule has 0 fully saturated rings. The van der Waals surface area contributed by atoms with Crippen LogP contribution in [-0.2, 0) is 5.41 Å². The van der Waals surface area contributed by atoms with E-state index < -0.39 is 5.41 Å². The Hall–Kier alpha value is -5.28. The van der Waals surface area contributed by atoms with Crippen LogP contribution in [0.5, 0.6) is 0 Å². The van der Waals surface area contributed by atoms with Crippen molar-refractivity contribution < 1.29 is 0 Å². The SMILES string of the molecule is CCCCC#CC#Cc1ccc2c(c1)C(c1ccc(N)cc1)(c1ccc(N)cc1)c1cc(C#CC#CCCCC)ccc1-2. The molecule has 0 radical (unpaired) electrons. The molecule has 0 amide bonds. The molecular weight excluding hydrogens is 520 g/mol. The van der Waals surface area contributed by atoms with E-state index >= 15 is 0 Å². The number of nitrogen functional groups attached to an aromatic ring is 2. The second kappa shape index (κ2) is 13.6. The number of benzene rings is 4. The lowest BCUT2D eigenvalue weighted by Crippen LogP contribution is -2.28. The fraction of sp³-hybridized carbons (Fsp3) is 0.220. The normalized spacial score (nSPS) is 11.7. The Morgan fingerprint density at radius 2 is 0.953 bits per heavy atom. The molecule has 4 N–H and O–H groups in total. The molecule has 43 heavy (non-hydrogen) atoms. The van der Waals surface area contributed by atoms with Gasteiger partial charge in [-0.05, 0) is 118 Å². The van der Waals surface area contributed by atoms with Crippen molar-refractivity contribution in [1.82, 2.24) is 0 Å². The maximum Gasteiger partial charge on any atom is 0.0714 e. The van der Waals surface area contributed by atoms with Crippen LogP contribution < -0.4 is 11.5 Å². The highest BCUT2D eigenvalue weighted by atomic mass is 14.6. The average Bonchev–Trinajstić information content (AvgIpc) is 3.31. The van der Waals surface area contributed by atoms with E-state index in [2.05, 4.69) is 122 Å². The molecule has 0 aromatic heterocycles. The molecule has 0 saturated carbocycles. The zero-order valence-electron chi connectivity index (χ0n) is 25.0. The molecule has 0 saturated heterocycles. The molecule has 0 bridgehead atoms. The molecule has 0 heterocycles. The highest BCUT2D eigenvalue weighted by molar-refractivity contribution is 5.87. The number of rotatable bonds is 6. The lowest BCUT2D eigenvalue weighted by Gasteiger charge is -2.34. The molecule has 0 atom stereocenters. The van der Waals surface area contributed by atoms with Crippen LogP contribution in [0.15, 0.2) is 84.9 Å². The largest absolute Gasteiger partial charge is 0.399 e. The van der Waals surface area contributed by atoms with Gasteiger partial charge < -0.3 is 11.5 Å². The topological polar surface area (TPSA) is 52.0 Å². The standard InChI is InChI=1S/C41H36N2/c1-3-5-7-9-11-13-15-31-17-27-37-38-28-18-32(16-14-12-10-8-6-4-2)30-40(38)41(39(37)29-31,33-19-23-35(42)24-20-33)34-21-25-36(43)26-22-34/h17-30H,3-8,42-43H2,1-2H3. The lowest BCUT2D eigenvalue weighted by atomic mass is 9.67. The van der Waals surface area contributed by atoms with Crippen LogP contribution in [0.1, 0.15) is 85.8 Å². The van der Waals surface area contributed by atoms with E-state index in [0.717, 1.165) is 83.3 Å². The van der Waals surface area contributed by atoms with E-state index in [1.54, 1.807) is 0 Å². The van der Waals surface area contributed by atoms with Gasteiger partial charge in [0, 0.05) is 35.3 Å². The van der Waals surface area contributed by atoms with Gasteiger partial charge in [0.25, 0.3) is 0 Å². The minimum absolute atomic E-state index is 0.624. The van der Waals surface area contributed by atoms with Gasteiger partial charge in [-0.25, -0.2) is 0 Å². The third-order valence-corrected chi connectivity index (χ3v) is 7.85. The molecule has 0 spiro atoms. The van der Waals surface area contributed by atoms with Crippen molar-refractivity contribution in [3.63, 3.8) is 0 Å². The Kier molecular flexibility index (Phi) is 9.23. The summed E-state index contributed by atoms with van der Waals surface area (Å²) in [5, 5.41) is 0.